The van der Waals surface area contributed by atoms with Gasteiger partial charge >= 0.3 is 0 Å². The summed E-state index contributed by atoms with van der Waals surface area (Å²) in [5.41, 5.74) is 2.52. The van der Waals surface area contributed by atoms with Gasteiger partial charge in [0.25, 0.3) is 5.91 Å². The number of nitrogens with one attached hydrogen (secondary N) is 1. The lowest BCUT2D eigenvalue weighted by atomic mass is 10.1. The molecule has 0 unspecified atom stereocenters. The van der Waals surface area contributed by atoms with Crippen molar-refractivity contribution in [3.05, 3.63) is 47.5 Å². The minimum atomic E-state index is -3.26. The second-order valence-electron chi connectivity index (χ2n) is 6.62. The second kappa shape index (κ2) is 6.77. The van der Waals surface area contributed by atoms with Gasteiger partial charge in [-0.3, -0.25) is 9.10 Å². The van der Waals surface area contributed by atoms with Gasteiger partial charge in [-0.25, -0.2) is 8.42 Å². The molecule has 2 aromatic carbocycles. The number of anilines is 2. The van der Waals surface area contributed by atoms with Crippen LogP contribution >= 0.6 is 0 Å². The molecular weight excluding hydrogens is 368 g/mol. The monoisotopic (exact) mass is 388 g/mol. The molecule has 0 aromatic heterocycles. The fraction of sp³-hybridized carbons (Fsp3) is 0.316. The van der Waals surface area contributed by atoms with E-state index < -0.39 is 10.0 Å². The Morgan fingerprint density at radius 2 is 1.89 bits per heavy atom. The molecular formula is C19H20N2O5S. The van der Waals surface area contributed by atoms with E-state index in [0.29, 0.717) is 41.4 Å². The van der Waals surface area contributed by atoms with Crippen LogP contribution in [0.3, 0.4) is 0 Å². The van der Waals surface area contributed by atoms with Crippen LogP contribution in [0.25, 0.3) is 0 Å². The zero-order valence-corrected chi connectivity index (χ0v) is 15.7. The van der Waals surface area contributed by atoms with E-state index in [1.54, 1.807) is 36.4 Å². The highest BCUT2D eigenvalue weighted by atomic mass is 32.2. The van der Waals surface area contributed by atoms with Crippen molar-refractivity contribution in [2.45, 2.75) is 19.8 Å². The van der Waals surface area contributed by atoms with E-state index in [4.69, 9.17) is 9.47 Å². The number of aryl methyl sites for hydroxylation is 1. The summed E-state index contributed by atoms with van der Waals surface area (Å²) in [6, 6.07) is 10.3. The molecule has 2 heterocycles. The van der Waals surface area contributed by atoms with Gasteiger partial charge in [0.05, 0.1) is 11.4 Å². The third-order valence-corrected chi connectivity index (χ3v) is 6.56. The van der Waals surface area contributed by atoms with Gasteiger partial charge in [0.1, 0.15) is 0 Å². The minimum absolute atomic E-state index is 0.153. The standard InChI is InChI=1S/C19H20N2O5S/c1-13-10-15(5-6-16(13)21-8-2-3-9-27(21,23)24)20-19(22)14-4-7-17-18(11-14)26-12-25-17/h4-7,10-11H,2-3,8-9,12H2,1H3,(H,20,22). The number of benzene rings is 2. The summed E-state index contributed by atoms with van der Waals surface area (Å²) in [6.45, 7) is 2.49. The number of carbonyl (C=O) groups excluding carboxylic acids is 1. The molecule has 0 aliphatic carbocycles. The third kappa shape index (κ3) is 3.44. The summed E-state index contributed by atoms with van der Waals surface area (Å²) in [7, 11) is -3.26. The van der Waals surface area contributed by atoms with Gasteiger partial charge in [0.15, 0.2) is 11.5 Å². The normalized spacial score (nSPS) is 17.6. The lowest BCUT2D eigenvalue weighted by Crippen LogP contribution is -2.38. The second-order valence-corrected chi connectivity index (χ2v) is 8.63. The summed E-state index contributed by atoms with van der Waals surface area (Å²) in [5, 5.41) is 2.84. The number of rotatable bonds is 3. The van der Waals surface area contributed by atoms with E-state index in [2.05, 4.69) is 5.32 Å². The Morgan fingerprint density at radius 1 is 1.07 bits per heavy atom. The van der Waals surface area contributed by atoms with Gasteiger partial charge in [-0.1, -0.05) is 0 Å². The van der Waals surface area contributed by atoms with Crippen LogP contribution in [-0.2, 0) is 10.0 Å². The average Bonchev–Trinajstić information content (AvgIpc) is 3.10. The predicted octanol–water partition coefficient (Wildman–Crippen LogP) is 2.91. The Labute approximate surface area is 157 Å². The number of hydrogen-bond acceptors (Lipinski definition) is 5. The Bertz CT molecular complexity index is 1000. The Balaban J connectivity index is 1.53. The fourth-order valence-corrected chi connectivity index (χ4v) is 5.01. The van der Waals surface area contributed by atoms with Gasteiger partial charge in [-0.2, -0.15) is 0 Å². The Hall–Kier alpha value is -2.74. The van der Waals surface area contributed by atoms with E-state index in [1.807, 2.05) is 6.92 Å². The van der Waals surface area contributed by atoms with Gasteiger partial charge in [0.2, 0.25) is 16.8 Å². The highest BCUT2D eigenvalue weighted by Gasteiger charge is 2.27. The van der Waals surface area contributed by atoms with Crippen LogP contribution in [0.4, 0.5) is 11.4 Å². The van der Waals surface area contributed by atoms with Crippen LogP contribution < -0.4 is 19.1 Å². The maximum atomic E-state index is 12.5. The molecule has 7 nitrogen and oxygen atoms in total. The molecule has 4 rings (SSSR count). The molecule has 1 amide bonds. The number of fused-ring (bicyclic) bond motifs is 1. The summed E-state index contributed by atoms with van der Waals surface area (Å²) >= 11 is 0. The zero-order valence-electron chi connectivity index (χ0n) is 14.9. The smallest absolute Gasteiger partial charge is 0.255 e. The zero-order chi connectivity index (χ0) is 19.0. The van der Waals surface area contributed by atoms with Crippen molar-refractivity contribution in [3.8, 4) is 11.5 Å². The number of carbonyl (C=O) groups is 1. The van der Waals surface area contributed by atoms with Crippen LogP contribution in [0.15, 0.2) is 36.4 Å². The van der Waals surface area contributed by atoms with E-state index in [9.17, 15) is 13.2 Å². The lowest BCUT2D eigenvalue weighted by Gasteiger charge is -2.29. The van der Waals surface area contributed by atoms with Crippen molar-refractivity contribution in [2.24, 2.45) is 0 Å². The van der Waals surface area contributed by atoms with E-state index in [-0.39, 0.29) is 18.5 Å². The lowest BCUT2D eigenvalue weighted by molar-refractivity contribution is 0.102. The van der Waals surface area contributed by atoms with E-state index in [1.165, 1.54) is 4.31 Å². The van der Waals surface area contributed by atoms with Crippen LogP contribution in [0, 0.1) is 6.92 Å². The predicted molar refractivity (Wildman–Crippen MR) is 102 cm³/mol. The number of hydrogen-bond donors (Lipinski definition) is 1. The summed E-state index contributed by atoms with van der Waals surface area (Å²) in [5.74, 6) is 1.07. The number of nitrogens with zero attached hydrogens (tertiary/aromatic N) is 1. The molecule has 8 heteroatoms. The minimum Gasteiger partial charge on any atom is -0.454 e. The summed E-state index contributed by atoms with van der Waals surface area (Å²) in [4.78, 5) is 12.5. The van der Waals surface area contributed by atoms with Crippen LogP contribution in [0.2, 0.25) is 0 Å². The molecule has 2 aliphatic heterocycles. The topological polar surface area (TPSA) is 84.9 Å². The van der Waals surface area contributed by atoms with Gasteiger partial charge in [-0.15, -0.1) is 0 Å². The molecule has 2 aromatic rings. The first kappa shape index (κ1) is 17.7. The first-order valence-electron chi connectivity index (χ1n) is 8.76. The molecule has 1 fully saturated rings. The fourth-order valence-electron chi connectivity index (χ4n) is 3.31. The molecule has 1 saturated heterocycles. The van der Waals surface area contributed by atoms with Gasteiger partial charge in [-0.05, 0) is 61.7 Å². The molecule has 2 aliphatic rings. The molecule has 1 N–H and O–H groups in total. The quantitative estimate of drug-likeness (QED) is 0.874. The largest absolute Gasteiger partial charge is 0.454 e. The summed E-state index contributed by atoms with van der Waals surface area (Å²) < 4.78 is 36.6. The van der Waals surface area contributed by atoms with Crippen molar-refractivity contribution < 1.29 is 22.7 Å². The highest BCUT2D eigenvalue weighted by molar-refractivity contribution is 7.92. The number of sulfonamides is 1. The maximum absolute atomic E-state index is 12.5. The van der Waals surface area contributed by atoms with Crippen LogP contribution in [-0.4, -0.2) is 33.4 Å². The van der Waals surface area contributed by atoms with Gasteiger partial charge < -0.3 is 14.8 Å². The van der Waals surface area contributed by atoms with Crippen molar-refractivity contribution in [2.75, 3.05) is 28.7 Å². The van der Waals surface area contributed by atoms with Crippen molar-refractivity contribution >= 4 is 27.3 Å². The Morgan fingerprint density at radius 3 is 2.67 bits per heavy atom. The van der Waals surface area contributed by atoms with Gasteiger partial charge in [0, 0.05) is 17.8 Å². The molecule has 142 valence electrons. The first-order chi connectivity index (χ1) is 12.9. The van der Waals surface area contributed by atoms with E-state index >= 15 is 0 Å². The summed E-state index contributed by atoms with van der Waals surface area (Å²) in [6.07, 6.45) is 1.54. The molecule has 0 bridgehead atoms. The molecule has 0 spiro atoms. The van der Waals surface area contributed by atoms with Crippen molar-refractivity contribution in [3.63, 3.8) is 0 Å². The van der Waals surface area contributed by atoms with Crippen molar-refractivity contribution in [1.29, 1.82) is 0 Å². The Kier molecular flexibility index (Phi) is 4.43. The average molecular weight is 388 g/mol. The SMILES string of the molecule is Cc1cc(NC(=O)c2ccc3c(c2)OCO3)ccc1N1CCCCS1(=O)=O. The van der Waals surface area contributed by atoms with Crippen LogP contribution in [0.1, 0.15) is 28.8 Å². The van der Waals surface area contributed by atoms with E-state index in [0.717, 1.165) is 12.0 Å². The maximum Gasteiger partial charge on any atom is 0.255 e. The highest BCUT2D eigenvalue weighted by Crippen LogP contribution is 2.33. The molecule has 0 radical (unpaired) electrons. The number of ether oxygens (including phenoxy) is 2. The molecule has 0 atom stereocenters. The van der Waals surface area contributed by atoms with Crippen LogP contribution in [0.5, 0.6) is 11.5 Å². The molecule has 0 saturated carbocycles. The first-order valence-corrected chi connectivity index (χ1v) is 10.4. The van der Waals surface area contributed by atoms with Crippen molar-refractivity contribution in [1.82, 2.24) is 0 Å². The third-order valence-electron chi connectivity index (χ3n) is 4.71. The molecule has 27 heavy (non-hydrogen) atoms. The number of amides is 1.